The Bertz CT molecular complexity index is 1210. The third kappa shape index (κ3) is 5.10. The van der Waals surface area contributed by atoms with Gasteiger partial charge in [0.2, 0.25) is 5.95 Å². The first-order valence-electron chi connectivity index (χ1n) is 10.3. The summed E-state index contributed by atoms with van der Waals surface area (Å²) in [6.45, 7) is 2.52. The summed E-state index contributed by atoms with van der Waals surface area (Å²) in [5.41, 5.74) is 3.96. The molecule has 0 spiro atoms. The highest BCUT2D eigenvalue weighted by Crippen LogP contribution is 2.20. The van der Waals surface area contributed by atoms with Crippen LogP contribution in [0, 0.1) is 6.92 Å². The molecule has 0 aliphatic heterocycles. The molecule has 0 atom stereocenters. The van der Waals surface area contributed by atoms with Crippen LogP contribution >= 0.6 is 0 Å². The summed E-state index contributed by atoms with van der Waals surface area (Å²) in [6.07, 6.45) is 3.27. The van der Waals surface area contributed by atoms with Crippen molar-refractivity contribution in [3.05, 3.63) is 102 Å². The first-order valence-corrected chi connectivity index (χ1v) is 10.3. The first-order chi connectivity index (χ1) is 15.6. The molecule has 1 aromatic heterocycles. The maximum absolute atomic E-state index is 12.9. The van der Waals surface area contributed by atoms with E-state index in [1.807, 2.05) is 85.8 Å². The molecule has 0 radical (unpaired) electrons. The molecule has 6 heteroatoms. The molecule has 0 saturated heterocycles. The Kier molecular flexibility index (Phi) is 6.41. The third-order valence-corrected chi connectivity index (χ3v) is 4.95. The van der Waals surface area contributed by atoms with Gasteiger partial charge in [-0.1, -0.05) is 72.3 Å². The minimum atomic E-state index is -0.281. The van der Waals surface area contributed by atoms with Crippen molar-refractivity contribution in [2.75, 3.05) is 12.4 Å². The minimum absolute atomic E-state index is 0.281. The molecule has 4 aromatic rings. The molecule has 160 valence electrons. The topological polar surface area (TPSA) is 69.0 Å². The first kappa shape index (κ1) is 21.1. The summed E-state index contributed by atoms with van der Waals surface area (Å²) < 4.78 is 6.51. The van der Waals surface area contributed by atoms with E-state index < -0.39 is 0 Å². The van der Waals surface area contributed by atoms with Gasteiger partial charge in [-0.05, 0) is 36.3 Å². The normalized spacial score (nSPS) is 10.9. The van der Waals surface area contributed by atoms with Crippen molar-refractivity contribution in [1.82, 2.24) is 14.8 Å². The van der Waals surface area contributed by atoms with E-state index in [1.165, 1.54) is 10.8 Å². The second kappa shape index (κ2) is 9.75. The van der Waals surface area contributed by atoms with Crippen LogP contribution in [0.3, 0.4) is 0 Å². The van der Waals surface area contributed by atoms with Crippen LogP contribution in [-0.4, -0.2) is 27.8 Å². The molecule has 0 bridgehead atoms. The molecule has 32 heavy (non-hydrogen) atoms. The zero-order valence-electron chi connectivity index (χ0n) is 18.0. The van der Waals surface area contributed by atoms with Crippen molar-refractivity contribution in [2.24, 2.45) is 0 Å². The standard InChI is InChI=1S/C26H24N4O2/c1-19-8-13-22(14-9-19)25-28-26(27-18-21-10-15-23(32-2)16-11-21)30(29-25)24(31)17-12-20-6-4-3-5-7-20/h3-17H,18H2,1-2H3,(H,27,28,29). The van der Waals surface area contributed by atoms with E-state index in [4.69, 9.17) is 4.74 Å². The maximum Gasteiger partial charge on any atom is 0.274 e. The van der Waals surface area contributed by atoms with Crippen LogP contribution < -0.4 is 10.1 Å². The highest BCUT2D eigenvalue weighted by molar-refractivity contribution is 5.94. The van der Waals surface area contributed by atoms with Crippen molar-refractivity contribution >= 4 is 17.9 Å². The van der Waals surface area contributed by atoms with Crippen LogP contribution in [0.5, 0.6) is 5.75 Å². The molecular formula is C26H24N4O2. The Morgan fingerprint density at radius 3 is 2.41 bits per heavy atom. The van der Waals surface area contributed by atoms with E-state index in [2.05, 4.69) is 15.4 Å². The quantitative estimate of drug-likeness (QED) is 0.412. The zero-order valence-corrected chi connectivity index (χ0v) is 18.0. The number of hydrogen-bond acceptors (Lipinski definition) is 5. The van der Waals surface area contributed by atoms with Crippen LogP contribution in [0.15, 0.2) is 84.9 Å². The SMILES string of the molecule is COc1ccc(CNc2nc(-c3ccc(C)cc3)nn2C(=O)C=Cc2ccccc2)cc1. The number of anilines is 1. The van der Waals surface area contributed by atoms with Crippen LogP contribution in [0.4, 0.5) is 5.95 Å². The Morgan fingerprint density at radius 1 is 1.00 bits per heavy atom. The Morgan fingerprint density at radius 2 is 1.72 bits per heavy atom. The van der Waals surface area contributed by atoms with Crippen LogP contribution in [0.1, 0.15) is 21.5 Å². The van der Waals surface area contributed by atoms with Crippen molar-refractivity contribution in [3.63, 3.8) is 0 Å². The van der Waals surface area contributed by atoms with Crippen LogP contribution in [0.2, 0.25) is 0 Å². The lowest BCUT2D eigenvalue weighted by molar-refractivity contribution is 0.0957. The number of allylic oxidation sites excluding steroid dienone is 1. The van der Waals surface area contributed by atoms with E-state index in [9.17, 15) is 4.79 Å². The fourth-order valence-corrected chi connectivity index (χ4v) is 3.13. The van der Waals surface area contributed by atoms with E-state index >= 15 is 0 Å². The number of aromatic nitrogens is 3. The Labute approximate surface area is 187 Å². The lowest BCUT2D eigenvalue weighted by atomic mass is 10.1. The summed E-state index contributed by atoms with van der Waals surface area (Å²) >= 11 is 0. The number of benzene rings is 3. The molecule has 4 rings (SSSR count). The molecule has 0 fully saturated rings. The Balaban J connectivity index is 1.60. The summed E-state index contributed by atoms with van der Waals surface area (Å²) in [7, 11) is 1.64. The number of hydrogen-bond donors (Lipinski definition) is 1. The number of aryl methyl sites for hydroxylation is 1. The van der Waals surface area contributed by atoms with Crippen molar-refractivity contribution in [2.45, 2.75) is 13.5 Å². The third-order valence-electron chi connectivity index (χ3n) is 4.95. The molecule has 0 aliphatic carbocycles. The van der Waals surface area contributed by atoms with Crippen molar-refractivity contribution < 1.29 is 9.53 Å². The van der Waals surface area contributed by atoms with Gasteiger partial charge in [-0.3, -0.25) is 4.79 Å². The number of carbonyl (C=O) groups excluding carboxylic acids is 1. The summed E-state index contributed by atoms with van der Waals surface area (Å²) in [5, 5.41) is 7.73. The lowest BCUT2D eigenvalue weighted by Crippen LogP contribution is -2.14. The van der Waals surface area contributed by atoms with Gasteiger partial charge in [0.25, 0.3) is 5.91 Å². The Hall–Kier alpha value is -4.19. The summed E-state index contributed by atoms with van der Waals surface area (Å²) in [5.74, 6) is 1.39. The van der Waals surface area contributed by atoms with Gasteiger partial charge in [-0.15, -0.1) is 5.10 Å². The zero-order chi connectivity index (χ0) is 22.3. The molecule has 0 aliphatic rings. The number of ether oxygens (including phenoxy) is 1. The number of nitrogens with one attached hydrogen (secondary N) is 1. The monoisotopic (exact) mass is 424 g/mol. The molecule has 0 saturated carbocycles. The van der Waals surface area contributed by atoms with Gasteiger partial charge in [0, 0.05) is 18.2 Å². The number of rotatable bonds is 7. The van der Waals surface area contributed by atoms with Crippen molar-refractivity contribution in [1.29, 1.82) is 0 Å². The van der Waals surface area contributed by atoms with Crippen molar-refractivity contribution in [3.8, 4) is 17.1 Å². The molecule has 1 N–H and O–H groups in total. The van der Waals surface area contributed by atoms with Gasteiger partial charge in [0.15, 0.2) is 5.82 Å². The van der Waals surface area contributed by atoms with Crippen LogP contribution in [-0.2, 0) is 6.54 Å². The highest BCUT2D eigenvalue weighted by Gasteiger charge is 2.15. The molecule has 1 heterocycles. The van der Waals surface area contributed by atoms with E-state index in [-0.39, 0.29) is 5.91 Å². The number of nitrogens with zero attached hydrogens (tertiary/aromatic N) is 3. The molecule has 3 aromatic carbocycles. The van der Waals surface area contributed by atoms with E-state index in [0.29, 0.717) is 18.3 Å². The largest absolute Gasteiger partial charge is 0.497 e. The summed E-state index contributed by atoms with van der Waals surface area (Å²) in [6, 6.07) is 25.3. The van der Waals surface area contributed by atoms with Gasteiger partial charge in [0.1, 0.15) is 5.75 Å². The van der Waals surface area contributed by atoms with Gasteiger partial charge in [-0.2, -0.15) is 9.67 Å². The average molecular weight is 425 g/mol. The average Bonchev–Trinajstić information content (AvgIpc) is 3.27. The molecule has 6 nitrogen and oxygen atoms in total. The van der Waals surface area contributed by atoms with E-state index in [0.717, 1.165) is 28.0 Å². The van der Waals surface area contributed by atoms with Crippen LogP contribution in [0.25, 0.3) is 17.5 Å². The van der Waals surface area contributed by atoms with Gasteiger partial charge >= 0.3 is 0 Å². The fraction of sp³-hybridized carbons (Fsp3) is 0.115. The second-order valence-corrected chi connectivity index (χ2v) is 7.32. The number of methoxy groups -OCH3 is 1. The smallest absolute Gasteiger partial charge is 0.274 e. The highest BCUT2D eigenvalue weighted by atomic mass is 16.5. The molecule has 0 unspecified atom stereocenters. The molecular weight excluding hydrogens is 400 g/mol. The molecule has 0 amide bonds. The second-order valence-electron chi connectivity index (χ2n) is 7.32. The van der Waals surface area contributed by atoms with Gasteiger partial charge < -0.3 is 10.1 Å². The predicted octanol–water partition coefficient (Wildman–Crippen LogP) is 5.23. The van der Waals surface area contributed by atoms with E-state index in [1.54, 1.807) is 13.2 Å². The number of carbonyl (C=O) groups is 1. The maximum atomic E-state index is 12.9. The van der Waals surface area contributed by atoms with Gasteiger partial charge in [0.05, 0.1) is 7.11 Å². The van der Waals surface area contributed by atoms with Gasteiger partial charge in [-0.25, -0.2) is 0 Å². The minimum Gasteiger partial charge on any atom is -0.497 e. The lowest BCUT2D eigenvalue weighted by Gasteiger charge is -2.07. The predicted molar refractivity (Wildman–Crippen MR) is 127 cm³/mol. The fourth-order valence-electron chi connectivity index (χ4n) is 3.13. The summed E-state index contributed by atoms with van der Waals surface area (Å²) in [4.78, 5) is 17.5.